The summed E-state index contributed by atoms with van der Waals surface area (Å²) in [6.07, 6.45) is 3.52. The quantitative estimate of drug-likeness (QED) is 0.486. The number of carbonyl (C=O) groups is 2. The fourth-order valence-corrected chi connectivity index (χ4v) is 2.54. The molecule has 0 aliphatic carbocycles. The Labute approximate surface area is 150 Å². The molecule has 2 amide bonds. The van der Waals surface area contributed by atoms with Crippen molar-refractivity contribution >= 4 is 11.8 Å². The van der Waals surface area contributed by atoms with Gasteiger partial charge in [-0.25, -0.2) is 10.2 Å². The highest BCUT2D eigenvalue weighted by Gasteiger charge is 2.12. The van der Waals surface area contributed by atoms with Gasteiger partial charge in [0.2, 0.25) is 0 Å². The van der Waals surface area contributed by atoms with E-state index in [9.17, 15) is 9.59 Å². The fraction of sp³-hybridized carbons (Fsp3) is 0.105. The number of nitrogens with zero attached hydrogens (tertiary/aromatic N) is 2. The summed E-state index contributed by atoms with van der Waals surface area (Å²) in [5.41, 5.74) is 4.19. The standard InChI is InChI=1S/C19H18N4O3/c1-13(14-3-5-16(6-4-14)19(25)22-26)21-18(24)15-7-9-17(10-8-15)23-12-2-11-20-23/h2-13,26H,1H3,(H,21,24)(H,22,25). The molecule has 0 spiro atoms. The Hall–Kier alpha value is -3.45. The minimum atomic E-state index is -0.578. The number of nitrogens with one attached hydrogen (secondary N) is 2. The molecular weight excluding hydrogens is 332 g/mol. The van der Waals surface area contributed by atoms with Crippen LogP contribution in [0.4, 0.5) is 0 Å². The van der Waals surface area contributed by atoms with Crippen molar-refractivity contribution < 1.29 is 14.8 Å². The van der Waals surface area contributed by atoms with Gasteiger partial charge in [-0.2, -0.15) is 5.10 Å². The van der Waals surface area contributed by atoms with Crippen LogP contribution in [-0.2, 0) is 0 Å². The number of hydroxylamine groups is 1. The van der Waals surface area contributed by atoms with E-state index >= 15 is 0 Å². The molecule has 2 aromatic carbocycles. The van der Waals surface area contributed by atoms with Crippen LogP contribution in [0.2, 0.25) is 0 Å². The Balaban J connectivity index is 1.66. The molecule has 0 aliphatic heterocycles. The van der Waals surface area contributed by atoms with E-state index in [2.05, 4.69) is 10.4 Å². The third-order valence-corrected chi connectivity index (χ3v) is 4.02. The van der Waals surface area contributed by atoms with E-state index in [0.717, 1.165) is 11.3 Å². The minimum absolute atomic E-state index is 0.193. The lowest BCUT2D eigenvalue weighted by atomic mass is 10.1. The Bertz CT molecular complexity index is 888. The van der Waals surface area contributed by atoms with Gasteiger partial charge in [-0.05, 0) is 55.0 Å². The molecule has 7 heteroatoms. The molecule has 0 saturated heterocycles. The van der Waals surface area contributed by atoms with Gasteiger partial charge in [-0.15, -0.1) is 0 Å². The summed E-state index contributed by atoms with van der Waals surface area (Å²) in [6.45, 7) is 1.86. The van der Waals surface area contributed by atoms with E-state index in [-0.39, 0.29) is 11.9 Å². The first-order valence-corrected chi connectivity index (χ1v) is 8.04. The molecule has 0 aliphatic rings. The Morgan fingerprint density at radius 3 is 2.19 bits per heavy atom. The molecule has 1 atom stereocenters. The van der Waals surface area contributed by atoms with Gasteiger partial charge in [-0.3, -0.25) is 14.8 Å². The van der Waals surface area contributed by atoms with Crippen molar-refractivity contribution in [1.82, 2.24) is 20.6 Å². The van der Waals surface area contributed by atoms with Crippen molar-refractivity contribution in [3.63, 3.8) is 0 Å². The monoisotopic (exact) mass is 350 g/mol. The van der Waals surface area contributed by atoms with Crippen LogP contribution in [0, 0.1) is 0 Å². The van der Waals surface area contributed by atoms with Gasteiger partial charge in [-0.1, -0.05) is 12.1 Å². The summed E-state index contributed by atoms with van der Waals surface area (Å²) in [4.78, 5) is 23.8. The van der Waals surface area contributed by atoms with Crippen LogP contribution in [-0.4, -0.2) is 26.8 Å². The zero-order chi connectivity index (χ0) is 18.5. The van der Waals surface area contributed by atoms with Crippen molar-refractivity contribution in [2.75, 3.05) is 0 Å². The molecule has 7 nitrogen and oxygen atoms in total. The minimum Gasteiger partial charge on any atom is -0.346 e. The number of carbonyl (C=O) groups excluding carboxylic acids is 2. The molecule has 1 unspecified atom stereocenters. The maximum Gasteiger partial charge on any atom is 0.274 e. The molecule has 0 saturated carbocycles. The van der Waals surface area contributed by atoms with E-state index in [4.69, 9.17) is 5.21 Å². The third kappa shape index (κ3) is 3.79. The summed E-state index contributed by atoms with van der Waals surface area (Å²) < 4.78 is 1.72. The van der Waals surface area contributed by atoms with Crippen LogP contribution in [0.25, 0.3) is 5.69 Å². The molecule has 0 bridgehead atoms. The van der Waals surface area contributed by atoms with E-state index in [1.54, 1.807) is 52.8 Å². The van der Waals surface area contributed by atoms with Crippen molar-refractivity contribution in [2.45, 2.75) is 13.0 Å². The highest BCUT2D eigenvalue weighted by atomic mass is 16.5. The van der Waals surface area contributed by atoms with Gasteiger partial charge in [0.15, 0.2) is 0 Å². The second-order valence-corrected chi connectivity index (χ2v) is 5.76. The first-order valence-electron chi connectivity index (χ1n) is 8.04. The zero-order valence-electron chi connectivity index (χ0n) is 14.1. The summed E-state index contributed by atoms with van der Waals surface area (Å²) in [5.74, 6) is -0.771. The SMILES string of the molecule is CC(NC(=O)c1ccc(-n2cccn2)cc1)c1ccc(C(=O)NO)cc1. The van der Waals surface area contributed by atoms with Crippen molar-refractivity contribution in [2.24, 2.45) is 0 Å². The Morgan fingerprint density at radius 2 is 1.62 bits per heavy atom. The first kappa shape index (κ1) is 17.4. The maximum absolute atomic E-state index is 12.4. The normalized spacial score (nSPS) is 11.6. The third-order valence-electron chi connectivity index (χ3n) is 4.02. The second kappa shape index (κ2) is 7.62. The van der Waals surface area contributed by atoms with Crippen LogP contribution in [0.1, 0.15) is 39.2 Å². The van der Waals surface area contributed by atoms with Gasteiger partial charge in [0, 0.05) is 23.5 Å². The average Bonchev–Trinajstić information content (AvgIpc) is 3.22. The smallest absolute Gasteiger partial charge is 0.274 e. The Morgan fingerprint density at radius 1 is 1.00 bits per heavy atom. The predicted octanol–water partition coefficient (Wildman–Crippen LogP) is 2.48. The van der Waals surface area contributed by atoms with Gasteiger partial charge < -0.3 is 5.32 Å². The van der Waals surface area contributed by atoms with Crippen LogP contribution >= 0.6 is 0 Å². The molecule has 0 fully saturated rings. The molecule has 1 aromatic heterocycles. The molecule has 3 rings (SSSR count). The molecule has 0 radical (unpaired) electrons. The molecule has 26 heavy (non-hydrogen) atoms. The maximum atomic E-state index is 12.4. The lowest BCUT2D eigenvalue weighted by Crippen LogP contribution is -2.26. The number of hydrogen-bond donors (Lipinski definition) is 3. The summed E-state index contributed by atoms with van der Waals surface area (Å²) in [7, 11) is 0. The van der Waals surface area contributed by atoms with Crippen LogP contribution in [0.5, 0.6) is 0 Å². The average molecular weight is 350 g/mol. The highest BCUT2D eigenvalue weighted by molar-refractivity contribution is 5.95. The highest BCUT2D eigenvalue weighted by Crippen LogP contribution is 2.15. The van der Waals surface area contributed by atoms with E-state index in [1.807, 2.05) is 31.3 Å². The fourth-order valence-electron chi connectivity index (χ4n) is 2.54. The van der Waals surface area contributed by atoms with E-state index in [0.29, 0.717) is 11.1 Å². The van der Waals surface area contributed by atoms with Gasteiger partial charge in [0.05, 0.1) is 11.7 Å². The number of hydrogen-bond acceptors (Lipinski definition) is 4. The molecule has 3 N–H and O–H groups in total. The van der Waals surface area contributed by atoms with Gasteiger partial charge in [0.1, 0.15) is 0 Å². The molecular formula is C19H18N4O3. The lowest BCUT2D eigenvalue weighted by Gasteiger charge is -2.15. The molecule has 132 valence electrons. The van der Waals surface area contributed by atoms with E-state index in [1.165, 1.54) is 0 Å². The van der Waals surface area contributed by atoms with Gasteiger partial charge >= 0.3 is 0 Å². The Kier molecular flexibility index (Phi) is 5.09. The molecule has 1 heterocycles. The second-order valence-electron chi connectivity index (χ2n) is 5.76. The predicted molar refractivity (Wildman–Crippen MR) is 95.1 cm³/mol. The van der Waals surface area contributed by atoms with Crippen LogP contribution in [0.3, 0.4) is 0 Å². The number of benzene rings is 2. The van der Waals surface area contributed by atoms with Crippen molar-refractivity contribution in [1.29, 1.82) is 0 Å². The zero-order valence-corrected chi connectivity index (χ0v) is 14.1. The number of rotatable bonds is 5. The lowest BCUT2D eigenvalue weighted by molar-refractivity contribution is 0.0706. The van der Waals surface area contributed by atoms with Gasteiger partial charge in [0.25, 0.3) is 11.8 Å². The summed E-state index contributed by atoms with van der Waals surface area (Å²) >= 11 is 0. The summed E-state index contributed by atoms with van der Waals surface area (Å²) in [6, 6.07) is 15.4. The van der Waals surface area contributed by atoms with E-state index < -0.39 is 5.91 Å². The number of aromatic nitrogens is 2. The number of amides is 2. The molecule has 3 aromatic rings. The van der Waals surface area contributed by atoms with Crippen LogP contribution < -0.4 is 10.8 Å². The van der Waals surface area contributed by atoms with Crippen molar-refractivity contribution in [3.05, 3.63) is 83.7 Å². The largest absolute Gasteiger partial charge is 0.346 e. The van der Waals surface area contributed by atoms with Crippen molar-refractivity contribution in [3.8, 4) is 5.69 Å². The topological polar surface area (TPSA) is 96.2 Å². The summed E-state index contributed by atoms with van der Waals surface area (Å²) in [5, 5.41) is 15.7. The van der Waals surface area contributed by atoms with Crippen LogP contribution in [0.15, 0.2) is 67.0 Å². The first-order chi connectivity index (χ1) is 12.6.